The number of pyridine rings is 1. The SMILES string of the molecule is O=S(=O)(Nc1ccc(NCCN2CCOCC2)nc1)c1ccc(Cl)cc1. The highest BCUT2D eigenvalue weighted by Gasteiger charge is 2.14. The lowest BCUT2D eigenvalue weighted by Gasteiger charge is -2.26. The zero-order valence-corrected chi connectivity index (χ0v) is 15.8. The molecule has 0 bridgehead atoms. The van der Waals surface area contributed by atoms with Crippen LogP contribution in [0.25, 0.3) is 0 Å². The van der Waals surface area contributed by atoms with Crippen LogP contribution < -0.4 is 10.0 Å². The van der Waals surface area contributed by atoms with Crippen LogP contribution in [-0.2, 0) is 14.8 Å². The Morgan fingerprint density at radius 2 is 1.85 bits per heavy atom. The zero-order valence-electron chi connectivity index (χ0n) is 14.2. The van der Waals surface area contributed by atoms with Crippen LogP contribution in [0.5, 0.6) is 0 Å². The van der Waals surface area contributed by atoms with Gasteiger partial charge in [0, 0.05) is 31.2 Å². The van der Waals surface area contributed by atoms with E-state index in [1.54, 1.807) is 12.1 Å². The summed E-state index contributed by atoms with van der Waals surface area (Å²) in [6, 6.07) is 9.42. The van der Waals surface area contributed by atoms with Gasteiger partial charge >= 0.3 is 0 Å². The van der Waals surface area contributed by atoms with Gasteiger partial charge in [0.15, 0.2) is 0 Å². The molecule has 0 radical (unpaired) electrons. The molecule has 2 aromatic rings. The van der Waals surface area contributed by atoms with Crippen molar-refractivity contribution in [2.75, 3.05) is 49.4 Å². The quantitative estimate of drug-likeness (QED) is 0.747. The van der Waals surface area contributed by atoms with Gasteiger partial charge in [-0.2, -0.15) is 0 Å². The Balaban J connectivity index is 1.53. The number of nitrogens with zero attached hydrogens (tertiary/aromatic N) is 2. The third kappa shape index (κ3) is 5.31. The topological polar surface area (TPSA) is 83.6 Å². The maximum Gasteiger partial charge on any atom is 0.261 e. The predicted octanol–water partition coefficient (Wildman–Crippen LogP) is 2.28. The van der Waals surface area contributed by atoms with E-state index in [-0.39, 0.29) is 4.90 Å². The molecule has 2 N–H and O–H groups in total. The Morgan fingerprint density at radius 3 is 2.50 bits per heavy atom. The normalized spacial score (nSPS) is 15.6. The second-order valence-corrected chi connectivity index (χ2v) is 7.99. The minimum Gasteiger partial charge on any atom is -0.379 e. The minimum absolute atomic E-state index is 0.148. The molecule has 0 aliphatic carbocycles. The molecule has 0 amide bonds. The number of anilines is 2. The molecule has 1 saturated heterocycles. The largest absolute Gasteiger partial charge is 0.379 e. The third-order valence-electron chi connectivity index (χ3n) is 3.98. The van der Waals surface area contributed by atoms with Crippen molar-refractivity contribution in [3.63, 3.8) is 0 Å². The summed E-state index contributed by atoms with van der Waals surface area (Å²) in [5.41, 5.74) is 0.402. The second kappa shape index (κ2) is 8.68. The second-order valence-electron chi connectivity index (χ2n) is 5.87. The molecule has 1 aromatic heterocycles. The molecule has 26 heavy (non-hydrogen) atoms. The Kier molecular flexibility index (Phi) is 6.31. The number of ether oxygens (including phenoxy) is 1. The van der Waals surface area contributed by atoms with Crippen LogP contribution in [0.15, 0.2) is 47.5 Å². The van der Waals surface area contributed by atoms with E-state index >= 15 is 0 Å². The highest BCUT2D eigenvalue weighted by atomic mass is 35.5. The highest BCUT2D eigenvalue weighted by Crippen LogP contribution is 2.18. The number of hydrogen-bond donors (Lipinski definition) is 2. The molecule has 3 rings (SSSR count). The molecule has 140 valence electrons. The van der Waals surface area contributed by atoms with Crippen molar-refractivity contribution in [1.29, 1.82) is 0 Å². The maximum absolute atomic E-state index is 12.3. The molecule has 0 saturated carbocycles. The molecule has 0 atom stereocenters. The van der Waals surface area contributed by atoms with E-state index in [1.165, 1.54) is 30.5 Å². The predicted molar refractivity (Wildman–Crippen MR) is 102 cm³/mol. The zero-order chi connectivity index (χ0) is 18.4. The molecular formula is C17H21ClN4O3S. The van der Waals surface area contributed by atoms with Crippen LogP contribution >= 0.6 is 11.6 Å². The van der Waals surface area contributed by atoms with Gasteiger partial charge < -0.3 is 10.1 Å². The van der Waals surface area contributed by atoms with Crippen molar-refractivity contribution in [2.24, 2.45) is 0 Å². The first-order valence-electron chi connectivity index (χ1n) is 8.31. The third-order valence-corrected chi connectivity index (χ3v) is 5.63. The number of morpholine rings is 1. The lowest BCUT2D eigenvalue weighted by molar-refractivity contribution is 0.0398. The molecule has 0 unspecified atom stereocenters. The average Bonchev–Trinajstić information content (AvgIpc) is 2.64. The number of sulfonamides is 1. The average molecular weight is 397 g/mol. The molecule has 1 fully saturated rings. The van der Waals surface area contributed by atoms with Gasteiger partial charge in [-0.05, 0) is 36.4 Å². The van der Waals surface area contributed by atoms with Crippen LogP contribution in [0.4, 0.5) is 11.5 Å². The fourth-order valence-corrected chi connectivity index (χ4v) is 3.72. The smallest absolute Gasteiger partial charge is 0.261 e. The van der Waals surface area contributed by atoms with Gasteiger partial charge in [-0.15, -0.1) is 0 Å². The van der Waals surface area contributed by atoms with E-state index in [2.05, 4.69) is 19.9 Å². The van der Waals surface area contributed by atoms with Crippen molar-refractivity contribution >= 4 is 33.1 Å². The number of aromatic nitrogens is 1. The maximum atomic E-state index is 12.3. The van der Waals surface area contributed by atoms with Gasteiger partial charge in [-0.25, -0.2) is 13.4 Å². The molecule has 1 aliphatic heterocycles. The van der Waals surface area contributed by atoms with Crippen molar-refractivity contribution in [3.8, 4) is 0 Å². The number of benzene rings is 1. The number of halogens is 1. The van der Waals surface area contributed by atoms with Crippen LogP contribution in [0.1, 0.15) is 0 Å². The summed E-state index contributed by atoms with van der Waals surface area (Å²) < 4.78 is 32.5. The minimum atomic E-state index is -3.66. The molecular weight excluding hydrogens is 376 g/mol. The van der Waals surface area contributed by atoms with E-state index in [4.69, 9.17) is 16.3 Å². The monoisotopic (exact) mass is 396 g/mol. The Morgan fingerprint density at radius 1 is 1.12 bits per heavy atom. The number of rotatable bonds is 7. The van der Waals surface area contributed by atoms with Crippen molar-refractivity contribution in [3.05, 3.63) is 47.6 Å². The molecule has 1 aromatic carbocycles. The summed E-state index contributed by atoms with van der Waals surface area (Å²) in [7, 11) is -3.66. The van der Waals surface area contributed by atoms with Gasteiger partial charge in [0.25, 0.3) is 10.0 Å². The van der Waals surface area contributed by atoms with Crippen LogP contribution in [0, 0.1) is 0 Å². The van der Waals surface area contributed by atoms with E-state index in [9.17, 15) is 8.42 Å². The summed E-state index contributed by atoms with van der Waals surface area (Å²) in [6.45, 7) is 5.13. The van der Waals surface area contributed by atoms with Gasteiger partial charge in [-0.3, -0.25) is 9.62 Å². The summed E-state index contributed by atoms with van der Waals surface area (Å²) in [5, 5.41) is 3.72. The van der Waals surface area contributed by atoms with Gasteiger partial charge in [-0.1, -0.05) is 11.6 Å². The molecule has 9 heteroatoms. The standard InChI is InChI=1S/C17H21ClN4O3S/c18-14-1-4-16(5-2-14)26(23,24)21-15-3-6-17(20-13-15)19-7-8-22-9-11-25-12-10-22/h1-6,13,21H,7-12H2,(H,19,20). The number of hydrogen-bond acceptors (Lipinski definition) is 6. The fourth-order valence-electron chi connectivity index (χ4n) is 2.55. The summed E-state index contributed by atoms with van der Waals surface area (Å²) >= 11 is 5.79. The first-order chi connectivity index (χ1) is 12.5. The van der Waals surface area contributed by atoms with Crippen molar-refractivity contribution in [1.82, 2.24) is 9.88 Å². The molecule has 2 heterocycles. The molecule has 0 spiro atoms. The van der Waals surface area contributed by atoms with Crippen LogP contribution in [0.2, 0.25) is 5.02 Å². The lowest BCUT2D eigenvalue weighted by Crippen LogP contribution is -2.39. The fraction of sp³-hybridized carbons (Fsp3) is 0.353. The van der Waals surface area contributed by atoms with Crippen LogP contribution in [0.3, 0.4) is 0 Å². The Bertz CT molecular complexity index is 807. The van der Waals surface area contributed by atoms with Gasteiger partial charge in [0.05, 0.1) is 30.0 Å². The molecule has 7 nitrogen and oxygen atoms in total. The van der Waals surface area contributed by atoms with Crippen LogP contribution in [-0.4, -0.2) is 57.7 Å². The van der Waals surface area contributed by atoms with Gasteiger partial charge in [0.1, 0.15) is 5.82 Å². The Hall–Kier alpha value is -1.87. The van der Waals surface area contributed by atoms with Gasteiger partial charge in [0.2, 0.25) is 0 Å². The van der Waals surface area contributed by atoms with E-state index in [1.807, 2.05) is 0 Å². The Labute approximate surface area is 158 Å². The van der Waals surface area contributed by atoms with E-state index < -0.39 is 10.0 Å². The molecule has 1 aliphatic rings. The summed E-state index contributed by atoms with van der Waals surface area (Å²) in [5.74, 6) is 0.702. The first-order valence-corrected chi connectivity index (χ1v) is 10.2. The van der Waals surface area contributed by atoms with E-state index in [0.717, 1.165) is 39.4 Å². The van der Waals surface area contributed by atoms with E-state index in [0.29, 0.717) is 16.5 Å². The summed E-state index contributed by atoms with van der Waals surface area (Å²) in [6.07, 6.45) is 1.49. The number of nitrogens with one attached hydrogen (secondary N) is 2. The summed E-state index contributed by atoms with van der Waals surface area (Å²) in [4.78, 5) is 6.72. The van der Waals surface area contributed by atoms with Crippen molar-refractivity contribution < 1.29 is 13.2 Å². The van der Waals surface area contributed by atoms with Crippen molar-refractivity contribution in [2.45, 2.75) is 4.90 Å². The first kappa shape index (κ1) is 18.9. The highest BCUT2D eigenvalue weighted by molar-refractivity contribution is 7.92. The lowest BCUT2D eigenvalue weighted by atomic mass is 10.4.